The second-order valence-corrected chi connectivity index (χ2v) is 2.64. The predicted molar refractivity (Wildman–Crippen MR) is 40.1 cm³/mol. The highest BCUT2D eigenvalue weighted by Gasteiger charge is 2.21. The minimum Gasteiger partial charge on any atom is -0.384 e. The molecule has 0 aromatic heterocycles. The molecule has 0 amide bonds. The lowest BCUT2D eigenvalue weighted by molar-refractivity contribution is 0.801. The third-order valence-electron chi connectivity index (χ3n) is 1.60. The van der Waals surface area contributed by atoms with E-state index in [4.69, 9.17) is 10.5 Å². The zero-order valence-corrected chi connectivity index (χ0v) is 6.39. The van der Waals surface area contributed by atoms with Crippen LogP contribution in [0, 0.1) is 22.7 Å². The maximum atomic E-state index is 8.46. The quantitative estimate of drug-likeness (QED) is 0.594. The Morgan fingerprint density at radius 2 is 1.91 bits per heavy atom. The standard InChI is InChI=1S/C8H9N3/c1-6(7(4-9)5-10)11-8-2-3-8/h8,11H,2-3H2,1H3. The topological polar surface area (TPSA) is 59.6 Å². The van der Waals surface area contributed by atoms with Crippen LogP contribution in [-0.2, 0) is 0 Å². The molecule has 0 atom stereocenters. The van der Waals surface area contributed by atoms with Gasteiger partial charge >= 0.3 is 0 Å². The van der Waals surface area contributed by atoms with E-state index in [-0.39, 0.29) is 5.57 Å². The van der Waals surface area contributed by atoms with Crippen LogP contribution in [0.4, 0.5) is 0 Å². The van der Waals surface area contributed by atoms with E-state index >= 15 is 0 Å². The average molecular weight is 147 g/mol. The molecular formula is C8H9N3. The normalized spacial score (nSPS) is 14.5. The molecule has 1 fully saturated rings. The third-order valence-corrected chi connectivity index (χ3v) is 1.60. The van der Waals surface area contributed by atoms with E-state index in [0.717, 1.165) is 12.8 Å². The molecule has 1 N–H and O–H groups in total. The summed E-state index contributed by atoms with van der Waals surface area (Å²) >= 11 is 0. The van der Waals surface area contributed by atoms with Gasteiger partial charge in [-0.2, -0.15) is 10.5 Å². The van der Waals surface area contributed by atoms with Crippen molar-refractivity contribution in [2.45, 2.75) is 25.8 Å². The maximum Gasteiger partial charge on any atom is 0.148 e. The first-order valence-electron chi connectivity index (χ1n) is 3.55. The lowest BCUT2D eigenvalue weighted by atomic mass is 10.2. The summed E-state index contributed by atoms with van der Waals surface area (Å²) in [4.78, 5) is 0. The molecule has 0 heterocycles. The number of nitrogens with zero attached hydrogens (tertiary/aromatic N) is 2. The van der Waals surface area contributed by atoms with Crippen LogP contribution in [0.2, 0.25) is 0 Å². The first-order valence-corrected chi connectivity index (χ1v) is 3.55. The molecule has 1 aliphatic rings. The Morgan fingerprint density at radius 3 is 2.27 bits per heavy atom. The number of hydrogen-bond acceptors (Lipinski definition) is 3. The fourth-order valence-electron chi connectivity index (χ4n) is 0.799. The summed E-state index contributed by atoms with van der Waals surface area (Å²) in [5, 5.41) is 20.0. The SMILES string of the molecule is CC(NC1CC1)=C(C#N)C#N. The van der Waals surface area contributed by atoms with Crippen molar-refractivity contribution in [3.63, 3.8) is 0 Å². The molecule has 0 spiro atoms. The van der Waals surface area contributed by atoms with Crippen LogP contribution in [0.15, 0.2) is 11.3 Å². The Bertz CT molecular complexity index is 244. The Labute approximate surface area is 65.9 Å². The first-order chi connectivity index (χ1) is 5.27. The van der Waals surface area contributed by atoms with Crippen molar-refractivity contribution in [1.82, 2.24) is 5.32 Å². The smallest absolute Gasteiger partial charge is 0.148 e. The van der Waals surface area contributed by atoms with E-state index in [2.05, 4.69) is 5.32 Å². The van der Waals surface area contributed by atoms with Crippen molar-refractivity contribution in [3.05, 3.63) is 11.3 Å². The van der Waals surface area contributed by atoms with Gasteiger partial charge in [-0.25, -0.2) is 0 Å². The number of allylic oxidation sites excluding steroid dienone is 2. The Balaban J connectivity index is 2.61. The van der Waals surface area contributed by atoms with Crippen LogP contribution in [0.25, 0.3) is 0 Å². The Hall–Kier alpha value is -1.48. The summed E-state index contributed by atoms with van der Waals surface area (Å²) in [5.41, 5.74) is 0.898. The number of hydrogen-bond donors (Lipinski definition) is 1. The second-order valence-electron chi connectivity index (χ2n) is 2.64. The summed E-state index contributed by atoms with van der Waals surface area (Å²) in [6, 6.07) is 4.19. The van der Waals surface area contributed by atoms with Crippen molar-refractivity contribution in [2.24, 2.45) is 0 Å². The van der Waals surface area contributed by atoms with Gasteiger partial charge in [0.15, 0.2) is 0 Å². The molecule has 3 nitrogen and oxygen atoms in total. The second kappa shape index (κ2) is 3.07. The summed E-state index contributed by atoms with van der Waals surface area (Å²) in [5.74, 6) is 0. The van der Waals surface area contributed by atoms with Crippen LogP contribution in [0.3, 0.4) is 0 Å². The van der Waals surface area contributed by atoms with Crippen LogP contribution >= 0.6 is 0 Å². The summed E-state index contributed by atoms with van der Waals surface area (Å²) < 4.78 is 0. The van der Waals surface area contributed by atoms with Crippen LogP contribution in [0.5, 0.6) is 0 Å². The van der Waals surface area contributed by atoms with Gasteiger partial charge in [-0.15, -0.1) is 0 Å². The van der Waals surface area contributed by atoms with Gasteiger partial charge in [0.25, 0.3) is 0 Å². The molecule has 0 aromatic carbocycles. The predicted octanol–water partition coefficient (Wildman–Crippen LogP) is 1.06. The monoisotopic (exact) mass is 147 g/mol. The van der Waals surface area contributed by atoms with Gasteiger partial charge in [0, 0.05) is 11.7 Å². The lowest BCUT2D eigenvalue weighted by Gasteiger charge is -2.01. The molecule has 0 saturated heterocycles. The van der Waals surface area contributed by atoms with E-state index in [9.17, 15) is 0 Å². The van der Waals surface area contributed by atoms with Crippen molar-refractivity contribution >= 4 is 0 Å². The van der Waals surface area contributed by atoms with E-state index in [1.807, 2.05) is 12.1 Å². The van der Waals surface area contributed by atoms with Crippen LogP contribution in [0.1, 0.15) is 19.8 Å². The average Bonchev–Trinajstić information content (AvgIpc) is 2.74. The molecule has 1 rings (SSSR count). The molecule has 1 aliphatic carbocycles. The highest BCUT2D eigenvalue weighted by atomic mass is 15.0. The van der Waals surface area contributed by atoms with E-state index in [1.54, 1.807) is 6.92 Å². The summed E-state index contributed by atoms with van der Waals surface area (Å²) in [6.07, 6.45) is 2.31. The first kappa shape index (κ1) is 7.63. The van der Waals surface area contributed by atoms with E-state index in [0.29, 0.717) is 11.7 Å². The van der Waals surface area contributed by atoms with Crippen molar-refractivity contribution in [3.8, 4) is 12.1 Å². The summed E-state index contributed by atoms with van der Waals surface area (Å²) in [7, 11) is 0. The highest BCUT2D eigenvalue weighted by Crippen LogP contribution is 2.20. The molecule has 0 bridgehead atoms. The maximum absolute atomic E-state index is 8.46. The van der Waals surface area contributed by atoms with Crippen LogP contribution < -0.4 is 5.32 Å². The van der Waals surface area contributed by atoms with E-state index in [1.165, 1.54) is 0 Å². The molecule has 11 heavy (non-hydrogen) atoms. The molecule has 0 aromatic rings. The van der Waals surface area contributed by atoms with Gasteiger partial charge in [-0.3, -0.25) is 0 Å². The van der Waals surface area contributed by atoms with Gasteiger partial charge < -0.3 is 5.32 Å². The molecule has 3 heteroatoms. The number of rotatable bonds is 2. The van der Waals surface area contributed by atoms with Gasteiger partial charge in [0.05, 0.1) is 0 Å². The van der Waals surface area contributed by atoms with E-state index < -0.39 is 0 Å². The molecule has 0 aliphatic heterocycles. The molecule has 0 radical (unpaired) electrons. The number of nitriles is 2. The van der Waals surface area contributed by atoms with Crippen molar-refractivity contribution < 1.29 is 0 Å². The molecule has 56 valence electrons. The third kappa shape index (κ3) is 1.98. The lowest BCUT2D eigenvalue weighted by Crippen LogP contribution is -2.14. The molecule has 1 saturated carbocycles. The van der Waals surface area contributed by atoms with Gasteiger partial charge in [0.1, 0.15) is 17.7 Å². The minimum atomic E-state index is 0.192. The summed E-state index contributed by atoms with van der Waals surface area (Å²) in [6.45, 7) is 1.76. The molecule has 0 unspecified atom stereocenters. The minimum absolute atomic E-state index is 0.192. The van der Waals surface area contributed by atoms with Gasteiger partial charge in [0.2, 0.25) is 0 Å². The van der Waals surface area contributed by atoms with Gasteiger partial charge in [-0.05, 0) is 19.8 Å². The number of nitrogens with one attached hydrogen (secondary N) is 1. The van der Waals surface area contributed by atoms with Gasteiger partial charge in [-0.1, -0.05) is 0 Å². The highest BCUT2D eigenvalue weighted by molar-refractivity contribution is 5.38. The molecular weight excluding hydrogens is 138 g/mol. The van der Waals surface area contributed by atoms with Crippen LogP contribution in [-0.4, -0.2) is 6.04 Å². The Morgan fingerprint density at radius 1 is 1.36 bits per heavy atom. The largest absolute Gasteiger partial charge is 0.384 e. The zero-order chi connectivity index (χ0) is 8.27. The Kier molecular flexibility index (Phi) is 2.13. The zero-order valence-electron chi connectivity index (χ0n) is 6.39. The van der Waals surface area contributed by atoms with Crippen molar-refractivity contribution in [2.75, 3.05) is 0 Å². The fraction of sp³-hybridized carbons (Fsp3) is 0.500. The fourth-order valence-corrected chi connectivity index (χ4v) is 0.799. The van der Waals surface area contributed by atoms with Crippen molar-refractivity contribution in [1.29, 1.82) is 10.5 Å².